The van der Waals surface area contributed by atoms with Crippen molar-refractivity contribution in [3.8, 4) is 0 Å². The molecule has 1 aromatic carbocycles. The Morgan fingerprint density at radius 1 is 1.18 bits per heavy atom. The molecule has 0 radical (unpaired) electrons. The van der Waals surface area contributed by atoms with E-state index in [1.54, 1.807) is 4.81 Å². The van der Waals surface area contributed by atoms with Crippen LogP contribution >= 0.6 is 17.0 Å². The molecule has 4 heteroatoms. The molecule has 0 amide bonds. The van der Waals surface area contributed by atoms with Gasteiger partial charge in [0.2, 0.25) is 0 Å². The molecule has 0 nitrogen and oxygen atoms in total. The van der Waals surface area contributed by atoms with Gasteiger partial charge in [0, 0.05) is 8.41 Å². The van der Waals surface area contributed by atoms with E-state index < -0.39 is 29.3 Å². The van der Waals surface area contributed by atoms with Gasteiger partial charge in [0.25, 0.3) is 0 Å². The van der Waals surface area contributed by atoms with Crippen LogP contribution in [0.1, 0.15) is 24.5 Å². The summed E-state index contributed by atoms with van der Waals surface area (Å²) < 4.78 is 0. The van der Waals surface area contributed by atoms with Crippen LogP contribution in [0.25, 0.3) is 11.6 Å². The van der Waals surface area contributed by atoms with Crippen LogP contribution < -0.4 is 5.22 Å². The Balaban J connectivity index is 0.000000545. The first kappa shape index (κ1) is 18.3. The van der Waals surface area contributed by atoms with Gasteiger partial charge >= 0.3 is 37.9 Å². The Hall–Kier alpha value is -0.01000. The molecular weight excluding hydrogens is 406 g/mol. The average molecular weight is 426 g/mol. The van der Waals surface area contributed by atoms with Crippen molar-refractivity contribution in [2.75, 3.05) is 0 Å². The molecule has 0 bridgehead atoms. The van der Waals surface area contributed by atoms with Gasteiger partial charge in [-0.05, 0) is 13.3 Å². The Morgan fingerprint density at radius 3 is 2.41 bits per heavy atom. The van der Waals surface area contributed by atoms with Crippen LogP contribution in [-0.4, -0.2) is 8.41 Å². The van der Waals surface area contributed by atoms with E-state index in [4.69, 9.17) is 17.0 Å². The molecule has 0 fully saturated rings. The third-order valence-electron chi connectivity index (χ3n) is 4.04. The van der Waals surface area contributed by atoms with Crippen molar-refractivity contribution in [1.82, 2.24) is 0 Å². The van der Waals surface area contributed by atoms with Crippen molar-refractivity contribution in [3.05, 3.63) is 62.7 Å². The molecule has 0 N–H and O–H groups in total. The van der Waals surface area contributed by atoms with Gasteiger partial charge in [-0.15, -0.1) is 34.9 Å². The van der Waals surface area contributed by atoms with Crippen molar-refractivity contribution in [1.29, 1.82) is 0 Å². The summed E-state index contributed by atoms with van der Waals surface area (Å²) in [6.45, 7) is 9.22. The molecule has 1 aromatic rings. The second-order valence-electron chi connectivity index (χ2n) is 5.68. The molecular formula is C18H19Cl2SiZr-. The summed E-state index contributed by atoms with van der Waals surface area (Å²) in [7, 11) is 9.46. The van der Waals surface area contributed by atoms with Gasteiger partial charge in [0.1, 0.15) is 0 Å². The van der Waals surface area contributed by atoms with E-state index in [1.165, 1.54) is 33.1 Å². The van der Waals surface area contributed by atoms with Gasteiger partial charge in [-0.2, -0.15) is 5.22 Å². The summed E-state index contributed by atoms with van der Waals surface area (Å²) in [6.07, 6.45) is 11.3. The van der Waals surface area contributed by atoms with E-state index >= 15 is 0 Å². The summed E-state index contributed by atoms with van der Waals surface area (Å²) in [5.41, 5.74) is 7.10. The zero-order valence-corrected chi connectivity index (χ0v) is 18.3. The molecule has 0 heterocycles. The van der Waals surface area contributed by atoms with Crippen molar-refractivity contribution >= 4 is 37.1 Å². The van der Waals surface area contributed by atoms with Gasteiger partial charge in [0.15, 0.2) is 0 Å². The Kier molecular flexibility index (Phi) is 6.83. The third kappa shape index (κ3) is 3.73. The maximum absolute atomic E-state index is 4.93. The van der Waals surface area contributed by atoms with E-state index in [-0.39, 0.29) is 0 Å². The number of hydrogen-bond acceptors (Lipinski definition) is 0. The van der Waals surface area contributed by atoms with Crippen molar-refractivity contribution in [2.45, 2.75) is 33.4 Å². The second kappa shape index (κ2) is 8.20. The first-order valence-corrected chi connectivity index (χ1v) is 16.1. The summed E-state index contributed by atoms with van der Waals surface area (Å²) in [4.78, 5) is 1.56. The van der Waals surface area contributed by atoms with Crippen molar-refractivity contribution < 1.29 is 20.8 Å². The molecule has 2 aliphatic rings. The van der Waals surface area contributed by atoms with E-state index in [9.17, 15) is 0 Å². The molecule has 0 saturated carbocycles. The first-order valence-electron chi connectivity index (χ1n) is 7.26. The van der Waals surface area contributed by atoms with Crippen LogP contribution in [0.3, 0.4) is 0 Å². The molecule has 0 aliphatic heterocycles. The number of rotatable bonds is 1. The van der Waals surface area contributed by atoms with E-state index in [1.807, 2.05) is 0 Å². The summed E-state index contributed by atoms with van der Waals surface area (Å²) >= 11 is -0.826. The quantitative estimate of drug-likeness (QED) is 0.424. The molecule has 22 heavy (non-hydrogen) atoms. The van der Waals surface area contributed by atoms with Crippen LogP contribution in [0.2, 0.25) is 13.1 Å². The first-order chi connectivity index (χ1) is 10.5. The van der Waals surface area contributed by atoms with Crippen LogP contribution in [0.15, 0.2) is 41.5 Å². The summed E-state index contributed by atoms with van der Waals surface area (Å²) in [6, 6.07) is 4.57. The van der Waals surface area contributed by atoms with Gasteiger partial charge < -0.3 is 0 Å². The monoisotopic (exact) mass is 423 g/mol. The zero-order valence-electron chi connectivity index (χ0n) is 13.3. The fourth-order valence-electron chi connectivity index (χ4n) is 3.17. The molecule has 0 spiro atoms. The molecule has 0 saturated heterocycles. The van der Waals surface area contributed by atoms with Crippen molar-refractivity contribution in [2.24, 2.45) is 0 Å². The Bertz CT molecular complexity index is 797. The number of allylic oxidation sites excluding steroid dienone is 6. The van der Waals surface area contributed by atoms with Gasteiger partial charge in [0.05, 0.1) is 0 Å². The molecule has 0 unspecified atom stereocenters. The summed E-state index contributed by atoms with van der Waals surface area (Å²) in [5.74, 6) is 0. The van der Waals surface area contributed by atoms with E-state index in [0.717, 1.165) is 6.42 Å². The van der Waals surface area contributed by atoms with Gasteiger partial charge in [-0.25, -0.2) is 0 Å². The minimum atomic E-state index is -0.826. The number of hydrogen-bond donors (Lipinski definition) is 0. The van der Waals surface area contributed by atoms with Crippen LogP contribution in [0, 0.1) is 11.7 Å². The normalized spacial score (nSPS) is 14.9. The molecule has 0 atom stereocenters. The maximum atomic E-state index is 4.93. The SMILES string of the molecule is CC1=C(C2=CC=CC2)c2c(C)c(=[Si](C)C)ccc2=[C-]1.[Cl][Zr][Cl]. The average Bonchev–Trinajstić information content (AvgIpc) is 3.06. The zero-order chi connectivity index (χ0) is 16.3. The third-order valence-corrected chi connectivity index (χ3v) is 5.66. The van der Waals surface area contributed by atoms with E-state index in [2.05, 4.69) is 63.4 Å². The van der Waals surface area contributed by atoms with Crippen LogP contribution in [-0.2, 0) is 20.8 Å². The van der Waals surface area contributed by atoms with Gasteiger partial charge in [-0.1, -0.05) is 54.2 Å². The predicted molar refractivity (Wildman–Crippen MR) is 96.7 cm³/mol. The fourth-order valence-corrected chi connectivity index (χ4v) is 4.46. The number of benzene rings is 1. The van der Waals surface area contributed by atoms with Crippen LogP contribution in [0.4, 0.5) is 0 Å². The molecule has 0 aromatic heterocycles. The fraction of sp³-hybridized carbons (Fsp3) is 0.278. The Labute approximate surface area is 153 Å². The molecule has 2 aliphatic carbocycles. The van der Waals surface area contributed by atoms with Crippen LogP contribution in [0.5, 0.6) is 0 Å². The minimum absolute atomic E-state index is 0.412. The standard InChI is InChI=1S/C18H19Si.2ClH.Zr/c1-12-11-15-9-10-16(19(3)4)13(2)18(15)17(12)14-7-5-6-8-14;;;/h5-7,9-10H,8H2,1-4H3;2*1H;/q-1;;;+2/p-2. The Morgan fingerprint density at radius 2 is 1.86 bits per heavy atom. The summed E-state index contributed by atoms with van der Waals surface area (Å²) in [5, 5.41) is 1.28. The number of halogens is 2. The van der Waals surface area contributed by atoms with Crippen molar-refractivity contribution in [3.63, 3.8) is 0 Å². The second-order valence-corrected chi connectivity index (χ2v) is 12.0. The van der Waals surface area contributed by atoms with E-state index in [0.29, 0.717) is 0 Å². The molecule has 114 valence electrons. The molecule has 3 rings (SSSR count). The number of fused-ring (bicyclic) bond motifs is 1. The predicted octanol–water partition coefficient (Wildman–Crippen LogP) is 5.29. The van der Waals surface area contributed by atoms with Gasteiger partial charge in [-0.3, -0.25) is 0 Å². The topological polar surface area (TPSA) is 0 Å².